The second-order valence-electron chi connectivity index (χ2n) is 5.47. The molecule has 3 rings (SSSR count). The molecular formula is C20H14N2O4. The van der Waals surface area contributed by atoms with Gasteiger partial charge in [0.25, 0.3) is 5.91 Å². The number of hydrogen-bond donors (Lipinski definition) is 1. The van der Waals surface area contributed by atoms with E-state index >= 15 is 0 Å². The minimum atomic E-state index is -0.656. The van der Waals surface area contributed by atoms with E-state index in [1.165, 1.54) is 18.2 Å². The summed E-state index contributed by atoms with van der Waals surface area (Å²) in [6.07, 6.45) is 0. The molecular weight excluding hydrogens is 332 g/mol. The largest absolute Gasteiger partial charge is 0.316 e. The van der Waals surface area contributed by atoms with Gasteiger partial charge in [-0.15, -0.1) is 0 Å². The Hall–Kier alpha value is -3.80. The van der Waals surface area contributed by atoms with Crippen LogP contribution in [0.15, 0.2) is 78.9 Å². The fraction of sp³-hybridized carbons (Fsp3) is 0. The molecule has 0 aromatic heterocycles. The van der Waals surface area contributed by atoms with Crippen LogP contribution in [0.2, 0.25) is 0 Å². The molecule has 6 nitrogen and oxygen atoms in total. The lowest BCUT2D eigenvalue weighted by Crippen LogP contribution is -2.15. The number of hydrogen-bond acceptors (Lipinski definition) is 4. The standard InChI is InChI=1S/C20H14N2O4/c23-19(14-8-3-1-4-9-14)16-12-7-13-17(18(16)22(25)26)21-20(24)15-10-5-2-6-11-15/h1-13H,(H,21,24). The van der Waals surface area contributed by atoms with Crippen molar-refractivity contribution in [1.82, 2.24) is 0 Å². The average molecular weight is 346 g/mol. The quantitative estimate of drug-likeness (QED) is 0.428. The third-order valence-corrected chi connectivity index (χ3v) is 3.78. The summed E-state index contributed by atoms with van der Waals surface area (Å²) in [7, 11) is 0. The highest BCUT2D eigenvalue weighted by Gasteiger charge is 2.26. The summed E-state index contributed by atoms with van der Waals surface area (Å²) in [5.74, 6) is -0.967. The van der Waals surface area contributed by atoms with Crippen molar-refractivity contribution in [3.63, 3.8) is 0 Å². The Morgan fingerprint density at radius 1 is 0.769 bits per heavy atom. The van der Waals surface area contributed by atoms with E-state index in [9.17, 15) is 19.7 Å². The summed E-state index contributed by atoms with van der Waals surface area (Å²) in [4.78, 5) is 35.9. The minimum Gasteiger partial charge on any atom is -0.316 e. The number of benzene rings is 3. The number of amides is 1. The summed E-state index contributed by atoms with van der Waals surface area (Å²) in [6.45, 7) is 0. The molecule has 0 aliphatic rings. The summed E-state index contributed by atoms with van der Waals surface area (Å²) in [5.41, 5.74) is 0.173. The van der Waals surface area contributed by atoms with Gasteiger partial charge >= 0.3 is 5.69 Å². The van der Waals surface area contributed by atoms with E-state index in [0.717, 1.165) is 0 Å². The Labute approximate surface area is 149 Å². The van der Waals surface area contributed by atoms with Gasteiger partial charge in [-0.2, -0.15) is 0 Å². The molecule has 0 fully saturated rings. The van der Waals surface area contributed by atoms with E-state index in [-0.39, 0.29) is 11.3 Å². The highest BCUT2D eigenvalue weighted by atomic mass is 16.6. The third-order valence-electron chi connectivity index (χ3n) is 3.78. The number of nitrogens with one attached hydrogen (secondary N) is 1. The van der Waals surface area contributed by atoms with Gasteiger partial charge in [-0.25, -0.2) is 0 Å². The first-order chi connectivity index (χ1) is 12.6. The van der Waals surface area contributed by atoms with Crippen LogP contribution in [0.3, 0.4) is 0 Å². The summed E-state index contributed by atoms with van der Waals surface area (Å²) < 4.78 is 0. The van der Waals surface area contributed by atoms with E-state index < -0.39 is 22.3 Å². The lowest BCUT2D eigenvalue weighted by molar-refractivity contribution is -0.384. The molecule has 1 N–H and O–H groups in total. The highest BCUT2D eigenvalue weighted by Crippen LogP contribution is 2.30. The smallest absolute Gasteiger partial charge is 0.303 e. The van der Waals surface area contributed by atoms with Crippen LogP contribution in [0.25, 0.3) is 0 Å². The molecule has 1 amide bonds. The van der Waals surface area contributed by atoms with Gasteiger partial charge in [0.2, 0.25) is 0 Å². The number of ketones is 1. The zero-order chi connectivity index (χ0) is 18.5. The van der Waals surface area contributed by atoms with Crippen LogP contribution in [0.4, 0.5) is 11.4 Å². The zero-order valence-electron chi connectivity index (χ0n) is 13.6. The summed E-state index contributed by atoms with van der Waals surface area (Å²) >= 11 is 0. The van der Waals surface area contributed by atoms with Crippen molar-refractivity contribution in [2.75, 3.05) is 5.32 Å². The molecule has 3 aromatic carbocycles. The van der Waals surface area contributed by atoms with Crippen LogP contribution in [-0.2, 0) is 0 Å². The van der Waals surface area contributed by atoms with E-state index in [2.05, 4.69) is 5.32 Å². The maximum Gasteiger partial charge on any atom is 0.303 e. The maximum absolute atomic E-state index is 12.7. The SMILES string of the molecule is O=C(Nc1cccc(C(=O)c2ccccc2)c1[N+](=O)[O-])c1ccccc1. The predicted molar refractivity (Wildman–Crippen MR) is 97.4 cm³/mol. The van der Waals surface area contributed by atoms with Crippen molar-refractivity contribution in [1.29, 1.82) is 0 Å². The minimum absolute atomic E-state index is 0.0226. The third kappa shape index (κ3) is 3.49. The van der Waals surface area contributed by atoms with Gasteiger partial charge in [-0.1, -0.05) is 54.6 Å². The Kier molecular flexibility index (Phi) is 4.85. The summed E-state index contributed by atoms with van der Waals surface area (Å²) in [6, 6.07) is 20.9. The topological polar surface area (TPSA) is 89.3 Å². The normalized spacial score (nSPS) is 10.2. The molecule has 0 unspecified atom stereocenters. The van der Waals surface area contributed by atoms with Crippen molar-refractivity contribution >= 4 is 23.1 Å². The van der Waals surface area contributed by atoms with E-state index in [4.69, 9.17) is 0 Å². The molecule has 0 bridgehead atoms. The lowest BCUT2D eigenvalue weighted by Gasteiger charge is -2.09. The number of nitrogens with zero attached hydrogens (tertiary/aromatic N) is 1. The van der Waals surface area contributed by atoms with Crippen molar-refractivity contribution < 1.29 is 14.5 Å². The second kappa shape index (κ2) is 7.40. The fourth-order valence-corrected chi connectivity index (χ4v) is 2.55. The van der Waals surface area contributed by atoms with Crippen molar-refractivity contribution in [2.45, 2.75) is 0 Å². The van der Waals surface area contributed by atoms with Crippen molar-refractivity contribution in [3.05, 3.63) is 106 Å². The van der Waals surface area contributed by atoms with Crippen molar-refractivity contribution in [2.24, 2.45) is 0 Å². The predicted octanol–water partition coefficient (Wildman–Crippen LogP) is 4.08. The monoisotopic (exact) mass is 346 g/mol. The number of nitro benzene ring substituents is 1. The van der Waals surface area contributed by atoms with Gasteiger partial charge in [0.05, 0.1) is 4.92 Å². The molecule has 3 aromatic rings. The molecule has 0 spiro atoms. The van der Waals surface area contributed by atoms with Gasteiger partial charge in [-0.05, 0) is 24.3 Å². The van der Waals surface area contributed by atoms with Crippen molar-refractivity contribution in [3.8, 4) is 0 Å². The van der Waals surface area contributed by atoms with E-state index in [0.29, 0.717) is 11.1 Å². The number of carbonyl (C=O) groups excluding carboxylic acids is 2. The molecule has 26 heavy (non-hydrogen) atoms. The van der Waals surface area contributed by atoms with Crippen LogP contribution < -0.4 is 5.32 Å². The maximum atomic E-state index is 12.7. The van der Waals surface area contributed by atoms with E-state index in [1.807, 2.05) is 0 Å². The average Bonchev–Trinajstić information content (AvgIpc) is 2.68. The molecule has 0 heterocycles. The first-order valence-electron chi connectivity index (χ1n) is 7.81. The number of carbonyl (C=O) groups is 2. The first-order valence-corrected chi connectivity index (χ1v) is 7.81. The van der Waals surface area contributed by atoms with Gasteiger partial charge < -0.3 is 5.32 Å². The fourth-order valence-electron chi connectivity index (χ4n) is 2.55. The van der Waals surface area contributed by atoms with Crippen LogP contribution in [0.5, 0.6) is 0 Å². The summed E-state index contributed by atoms with van der Waals surface area (Å²) in [5, 5.41) is 14.1. The number of anilines is 1. The molecule has 128 valence electrons. The molecule has 0 saturated carbocycles. The van der Waals surface area contributed by atoms with Crippen LogP contribution in [0, 0.1) is 10.1 Å². The molecule has 0 saturated heterocycles. The number of para-hydroxylation sites is 1. The van der Waals surface area contributed by atoms with Gasteiger partial charge in [0, 0.05) is 11.1 Å². The van der Waals surface area contributed by atoms with E-state index in [1.54, 1.807) is 60.7 Å². The Bertz CT molecular complexity index is 970. The van der Waals surface area contributed by atoms with Crippen LogP contribution >= 0.6 is 0 Å². The molecule has 0 radical (unpaired) electrons. The number of nitro groups is 1. The van der Waals surface area contributed by atoms with Gasteiger partial charge in [0.15, 0.2) is 5.78 Å². The second-order valence-corrected chi connectivity index (χ2v) is 5.47. The first kappa shape index (κ1) is 17.0. The Morgan fingerprint density at radius 2 is 1.35 bits per heavy atom. The molecule has 0 atom stereocenters. The number of rotatable bonds is 5. The molecule has 0 aliphatic heterocycles. The van der Waals surface area contributed by atoms with Gasteiger partial charge in [0.1, 0.15) is 11.3 Å². The van der Waals surface area contributed by atoms with Crippen LogP contribution in [-0.4, -0.2) is 16.6 Å². The van der Waals surface area contributed by atoms with Gasteiger partial charge in [-0.3, -0.25) is 19.7 Å². The highest BCUT2D eigenvalue weighted by molar-refractivity contribution is 6.14. The lowest BCUT2D eigenvalue weighted by atomic mass is 10.0. The zero-order valence-corrected chi connectivity index (χ0v) is 13.6. The molecule has 0 aliphatic carbocycles. The Balaban J connectivity index is 2.01. The molecule has 6 heteroatoms. The Morgan fingerprint density at radius 3 is 1.92 bits per heavy atom. The van der Waals surface area contributed by atoms with Crippen LogP contribution in [0.1, 0.15) is 26.3 Å².